The lowest BCUT2D eigenvalue weighted by Gasteiger charge is -2.10. The highest BCUT2D eigenvalue weighted by atomic mass is 16.5. The second-order valence-electron chi connectivity index (χ2n) is 4.42. The first kappa shape index (κ1) is 12.2. The summed E-state index contributed by atoms with van der Waals surface area (Å²) in [5.41, 5.74) is 0.0708. The summed E-state index contributed by atoms with van der Waals surface area (Å²) in [6.07, 6.45) is 1.18. The monoisotopic (exact) mass is 243 g/mol. The lowest BCUT2D eigenvalue weighted by Crippen LogP contribution is -2.10. The molecule has 0 aliphatic heterocycles. The molecule has 1 heterocycles. The fraction of sp³-hybridized carbons (Fsp3) is 0.286. The van der Waals surface area contributed by atoms with Gasteiger partial charge in [-0.05, 0) is 18.1 Å². The van der Waals surface area contributed by atoms with Gasteiger partial charge >= 0.3 is 0 Å². The Balaban J connectivity index is 2.60. The van der Waals surface area contributed by atoms with Crippen LogP contribution in [0, 0.1) is 17.2 Å². The zero-order valence-electron chi connectivity index (χ0n) is 10.3. The quantitative estimate of drug-likeness (QED) is 0.831. The molecule has 0 aliphatic carbocycles. The van der Waals surface area contributed by atoms with E-state index in [4.69, 9.17) is 14.4 Å². The maximum absolute atomic E-state index is 12.1. The molecule has 4 nitrogen and oxygen atoms in total. The summed E-state index contributed by atoms with van der Waals surface area (Å²) in [5, 5.41) is 9.17. The molecule has 92 valence electrons. The van der Waals surface area contributed by atoms with Gasteiger partial charge < -0.3 is 9.15 Å². The Morgan fingerprint density at radius 2 is 2.22 bits per heavy atom. The molecule has 2 aromatic rings. The van der Waals surface area contributed by atoms with Crippen molar-refractivity contribution >= 4 is 11.0 Å². The van der Waals surface area contributed by atoms with Crippen molar-refractivity contribution in [2.45, 2.75) is 13.8 Å². The molecule has 0 N–H and O–H groups in total. The third-order valence-corrected chi connectivity index (χ3v) is 2.46. The van der Waals surface area contributed by atoms with Crippen molar-refractivity contribution in [1.29, 1.82) is 5.26 Å². The van der Waals surface area contributed by atoms with Gasteiger partial charge in [0.25, 0.3) is 0 Å². The minimum atomic E-state index is -0.349. The molecule has 2 rings (SSSR count). The zero-order valence-corrected chi connectivity index (χ0v) is 10.3. The second kappa shape index (κ2) is 4.92. The molecule has 1 aromatic heterocycles. The first-order valence-corrected chi connectivity index (χ1v) is 5.71. The fourth-order valence-electron chi connectivity index (χ4n) is 1.60. The Hall–Kier alpha value is -2.28. The number of nitrogens with zero attached hydrogens (tertiary/aromatic N) is 1. The summed E-state index contributed by atoms with van der Waals surface area (Å²) in [5.74, 6) is 0.818. The predicted molar refractivity (Wildman–Crippen MR) is 67.5 cm³/mol. The Kier molecular flexibility index (Phi) is 3.33. The van der Waals surface area contributed by atoms with Gasteiger partial charge in [-0.2, -0.15) is 5.26 Å². The van der Waals surface area contributed by atoms with Crippen molar-refractivity contribution in [2.24, 2.45) is 5.92 Å². The van der Waals surface area contributed by atoms with Crippen LogP contribution in [0.4, 0.5) is 0 Å². The van der Waals surface area contributed by atoms with Crippen LogP contribution in [0.3, 0.4) is 0 Å². The van der Waals surface area contributed by atoms with Crippen molar-refractivity contribution in [3.05, 3.63) is 40.2 Å². The highest BCUT2D eigenvalue weighted by Gasteiger charge is 2.12. The van der Waals surface area contributed by atoms with E-state index in [1.165, 1.54) is 6.26 Å². The van der Waals surface area contributed by atoms with Crippen LogP contribution in [0.1, 0.15) is 19.4 Å². The zero-order chi connectivity index (χ0) is 13.1. The van der Waals surface area contributed by atoms with E-state index in [-0.39, 0.29) is 11.0 Å². The molecule has 0 saturated heterocycles. The Morgan fingerprint density at radius 3 is 2.89 bits per heavy atom. The fourth-order valence-corrected chi connectivity index (χ4v) is 1.60. The van der Waals surface area contributed by atoms with Gasteiger partial charge in [0.2, 0.25) is 5.43 Å². The number of hydrogen-bond donors (Lipinski definition) is 0. The van der Waals surface area contributed by atoms with Crippen LogP contribution >= 0.6 is 0 Å². The van der Waals surface area contributed by atoms with Gasteiger partial charge in [-0.25, -0.2) is 0 Å². The van der Waals surface area contributed by atoms with Gasteiger partial charge in [-0.3, -0.25) is 4.79 Å². The Bertz CT molecular complexity index is 665. The van der Waals surface area contributed by atoms with Crippen LogP contribution in [0.2, 0.25) is 0 Å². The standard InChI is InChI=1S/C14H13NO3/c1-9(2)7-17-11-4-3-5-12-13(11)14(16)10(6-15)8-18-12/h3-5,8-9H,7H2,1-2H3. The smallest absolute Gasteiger partial charge is 0.214 e. The number of fused-ring (bicyclic) bond motifs is 1. The molecule has 1 aromatic carbocycles. The molecule has 18 heavy (non-hydrogen) atoms. The van der Waals surface area contributed by atoms with Crippen molar-refractivity contribution in [1.82, 2.24) is 0 Å². The highest BCUT2D eigenvalue weighted by molar-refractivity contribution is 5.84. The molecule has 0 aliphatic rings. The van der Waals surface area contributed by atoms with E-state index < -0.39 is 0 Å². The summed E-state index contributed by atoms with van der Waals surface area (Å²) < 4.78 is 10.9. The second-order valence-corrected chi connectivity index (χ2v) is 4.42. The summed E-state index contributed by atoms with van der Waals surface area (Å²) in [7, 11) is 0. The molecule has 0 fully saturated rings. The normalized spacial score (nSPS) is 10.6. The average Bonchev–Trinajstić information content (AvgIpc) is 2.36. The summed E-state index contributed by atoms with van der Waals surface area (Å²) in [4.78, 5) is 12.1. The van der Waals surface area contributed by atoms with Gasteiger partial charge in [-0.15, -0.1) is 0 Å². The number of hydrogen-bond acceptors (Lipinski definition) is 4. The summed E-state index contributed by atoms with van der Waals surface area (Å²) in [6, 6.07) is 6.97. The molecule has 0 saturated carbocycles. The van der Waals surface area contributed by atoms with Crippen molar-refractivity contribution in [2.75, 3.05) is 6.61 Å². The van der Waals surface area contributed by atoms with Crippen LogP contribution in [0.15, 0.2) is 33.7 Å². The lowest BCUT2D eigenvalue weighted by atomic mass is 10.1. The van der Waals surface area contributed by atoms with Crippen LogP contribution in [-0.2, 0) is 0 Å². The van der Waals surface area contributed by atoms with Gasteiger partial charge in [0.05, 0.1) is 6.61 Å². The van der Waals surface area contributed by atoms with Crippen LogP contribution in [-0.4, -0.2) is 6.61 Å². The maximum atomic E-state index is 12.1. The topological polar surface area (TPSA) is 63.2 Å². The molecular weight excluding hydrogens is 230 g/mol. The van der Waals surface area contributed by atoms with Crippen LogP contribution in [0.5, 0.6) is 5.75 Å². The van der Waals surface area contributed by atoms with E-state index >= 15 is 0 Å². The van der Waals surface area contributed by atoms with Gasteiger partial charge in [0.1, 0.15) is 34.6 Å². The molecule has 0 amide bonds. The first-order valence-electron chi connectivity index (χ1n) is 5.71. The Labute approximate surface area is 104 Å². The molecule has 0 radical (unpaired) electrons. The predicted octanol–water partition coefficient (Wildman–Crippen LogP) is 2.70. The van der Waals surface area contributed by atoms with Gasteiger partial charge in [-0.1, -0.05) is 19.9 Å². The molecule has 0 bridgehead atoms. The molecule has 0 spiro atoms. The van der Waals surface area contributed by atoms with Crippen molar-refractivity contribution < 1.29 is 9.15 Å². The SMILES string of the molecule is CC(C)COc1cccc2occ(C#N)c(=O)c12. The van der Waals surface area contributed by atoms with E-state index in [9.17, 15) is 4.79 Å². The molecular formula is C14H13NO3. The highest BCUT2D eigenvalue weighted by Crippen LogP contribution is 2.23. The minimum Gasteiger partial charge on any atom is -0.492 e. The van der Waals surface area contributed by atoms with E-state index in [2.05, 4.69) is 0 Å². The summed E-state index contributed by atoms with van der Waals surface area (Å²) >= 11 is 0. The van der Waals surface area contributed by atoms with Gasteiger partial charge in [0, 0.05) is 0 Å². The molecule has 0 unspecified atom stereocenters. The molecule has 0 atom stereocenters. The van der Waals surface area contributed by atoms with Crippen LogP contribution in [0.25, 0.3) is 11.0 Å². The first-order chi connectivity index (χ1) is 8.63. The van der Waals surface area contributed by atoms with E-state index in [1.54, 1.807) is 18.2 Å². The maximum Gasteiger partial charge on any atom is 0.214 e. The largest absolute Gasteiger partial charge is 0.492 e. The number of rotatable bonds is 3. The lowest BCUT2D eigenvalue weighted by molar-refractivity contribution is 0.273. The number of nitriles is 1. The van der Waals surface area contributed by atoms with E-state index in [0.717, 1.165) is 0 Å². The van der Waals surface area contributed by atoms with Crippen LogP contribution < -0.4 is 10.2 Å². The number of benzene rings is 1. The summed E-state index contributed by atoms with van der Waals surface area (Å²) in [6.45, 7) is 4.55. The van der Waals surface area contributed by atoms with Gasteiger partial charge in [0.15, 0.2) is 0 Å². The third kappa shape index (κ3) is 2.21. The van der Waals surface area contributed by atoms with E-state index in [0.29, 0.717) is 29.2 Å². The van der Waals surface area contributed by atoms with Crippen molar-refractivity contribution in [3.8, 4) is 11.8 Å². The number of ether oxygens (including phenoxy) is 1. The van der Waals surface area contributed by atoms with E-state index in [1.807, 2.05) is 19.9 Å². The van der Waals surface area contributed by atoms with Crippen molar-refractivity contribution in [3.63, 3.8) is 0 Å². The average molecular weight is 243 g/mol. The molecule has 4 heteroatoms. The minimum absolute atomic E-state index is 0.0110. The third-order valence-electron chi connectivity index (χ3n) is 2.46. The Morgan fingerprint density at radius 1 is 1.44 bits per heavy atom.